The first-order valence-electron chi connectivity index (χ1n) is 7.77. The van der Waals surface area contributed by atoms with Crippen LogP contribution >= 0.6 is 0 Å². The smallest absolute Gasteiger partial charge is 0.240 e. The van der Waals surface area contributed by atoms with Gasteiger partial charge in [0.2, 0.25) is 21.8 Å². The summed E-state index contributed by atoms with van der Waals surface area (Å²) in [5, 5.41) is 4.02. The summed E-state index contributed by atoms with van der Waals surface area (Å²) in [5.74, 6) is 1.17. The van der Waals surface area contributed by atoms with Crippen molar-refractivity contribution in [2.75, 3.05) is 19.3 Å². The zero-order valence-electron chi connectivity index (χ0n) is 13.9. The van der Waals surface area contributed by atoms with Crippen molar-refractivity contribution in [2.24, 2.45) is 0 Å². The van der Waals surface area contributed by atoms with Gasteiger partial charge in [0.1, 0.15) is 0 Å². The molecule has 0 unspecified atom stereocenters. The number of piperidine rings is 1. The van der Waals surface area contributed by atoms with Crippen molar-refractivity contribution in [1.82, 2.24) is 19.8 Å². The number of sulfonamides is 1. The summed E-state index contributed by atoms with van der Waals surface area (Å²) in [4.78, 5) is 18.5. The first-order chi connectivity index (χ1) is 10.7. The minimum absolute atomic E-state index is 0.0226. The van der Waals surface area contributed by atoms with Crippen LogP contribution in [-0.4, -0.2) is 54.8 Å². The van der Waals surface area contributed by atoms with E-state index in [2.05, 4.69) is 14.9 Å². The van der Waals surface area contributed by atoms with E-state index >= 15 is 0 Å². The maximum atomic E-state index is 12.4. The van der Waals surface area contributed by atoms with Crippen molar-refractivity contribution in [1.29, 1.82) is 0 Å². The summed E-state index contributed by atoms with van der Waals surface area (Å²) in [5.41, 5.74) is 0. The Labute approximate surface area is 136 Å². The molecule has 1 aromatic rings. The SMILES string of the molecule is CC(C)c1nc([C@H]2CCCN(C(=O)[C@@H](C)NS(C)(=O)=O)C2)no1. The number of carbonyl (C=O) groups excluding carboxylic acids is 1. The van der Waals surface area contributed by atoms with Crippen LogP contribution in [-0.2, 0) is 14.8 Å². The van der Waals surface area contributed by atoms with Crippen LogP contribution in [0.1, 0.15) is 57.2 Å². The van der Waals surface area contributed by atoms with Gasteiger partial charge in [0.25, 0.3) is 0 Å². The fraction of sp³-hybridized carbons (Fsp3) is 0.786. The molecule has 1 fully saturated rings. The zero-order valence-corrected chi connectivity index (χ0v) is 14.8. The van der Waals surface area contributed by atoms with Gasteiger partial charge in [-0.3, -0.25) is 4.79 Å². The van der Waals surface area contributed by atoms with Crippen LogP contribution < -0.4 is 4.72 Å². The summed E-state index contributed by atoms with van der Waals surface area (Å²) in [6, 6.07) is -0.778. The van der Waals surface area contributed by atoms with E-state index in [-0.39, 0.29) is 17.7 Å². The molecule has 2 atom stereocenters. The van der Waals surface area contributed by atoms with Gasteiger partial charge in [0, 0.05) is 24.9 Å². The second-order valence-corrected chi connectivity index (χ2v) is 8.16. The molecule has 1 aliphatic rings. The molecule has 2 rings (SSSR count). The van der Waals surface area contributed by atoms with Crippen LogP contribution in [0.3, 0.4) is 0 Å². The largest absolute Gasteiger partial charge is 0.341 e. The molecule has 1 amide bonds. The molecule has 0 radical (unpaired) electrons. The number of aromatic nitrogens is 2. The topological polar surface area (TPSA) is 105 Å². The molecule has 0 aromatic carbocycles. The molecule has 1 N–H and O–H groups in total. The molecular weight excluding hydrogens is 320 g/mol. The average molecular weight is 344 g/mol. The average Bonchev–Trinajstić information content (AvgIpc) is 2.95. The number of hydrogen-bond donors (Lipinski definition) is 1. The molecule has 1 aliphatic heterocycles. The monoisotopic (exact) mass is 344 g/mol. The molecule has 8 nitrogen and oxygen atoms in total. The molecular formula is C14H24N4O4S. The Balaban J connectivity index is 2.03. The molecule has 130 valence electrons. The van der Waals surface area contributed by atoms with Crippen molar-refractivity contribution >= 4 is 15.9 Å². The van der Waals surface area contributed by atoms with E-state index in [9.17, 15) is 13.2 Å². The predicted molar refractivity (Wildman–Crippen MR) is 84.4 cm³/mol. The normalized spacial score (nSPS) is 20.7. The lowest BCUT2D eigenvalue weighted by Gasteiger charge is -2.33. The highest BCUT2D eigenvalue weighted by Gasteiger charge is 2.31. The van der Waals surface area contributed by atoms with E-state index < -0.39 is 16.1 Å². The molecule has 1 saturated heterocycles. The Morgan fingerprint density at radius 1 is 1.39 bits per heavy atom. The predicted octanol–water partition coefficient (Wildman–Crippen LogP) is 0.837. The third-order valence-electron chi connectivity index (χ3n) is 3.81. The van der Waals surface area contributed by atoms with E-state index in [1.54, 1.807) is 11.8 Å². The minimum atomic E-state index is -3.42. The van der Waals surface area contributed by atoms with E-state index in [0.717, 1.165) is 19.1 Å². The van der Waals surface area contributed by atoms with Crippen LogP contribution in [0.25, 0.3) is 0 Å². The fourth-order valence-electron chi connectivity index (χ4n) is 2.68. The third-order valence-corrected chi connectivity index (χ3v) is 4.59. The van der Waals surface area contributed by atoms with Gasteiger partial charge in [-0.2, -0.15) is 4.98 Å². The number of nitrogens with one attached hydrogen (secondary N) is 1. The van der Waals surface area contributed by atoms with Crippen LogP contribution in [0.2, 0.25) is 0 Å². The number of likely N-dealkylation sites (tertiary alicyclic amines) is 1. The first-order valence-corrected chi connectivity index (χ1v) is 9.66. The quantitative estimate of drug-likeness (QED) is 0.848. The molecule has 1 aromatic heterocycles. The molecule has 2 heterocycles. The van der Waals surface area contributed by atoms with Gasteiger partial charge < -0.3 is 9.42 Å². The van der Waals surface area contributed by atoms with Gasteiger partial charge in [-0.05, 0) is 19.8 Å². The number of hydrogen-bond acceptors (Lipinski definition) is 6. The number of rotatable bonds is 5. The van der Waals surface area contributed by atoms with Gasteiger partial charge in [0.05, 0.1) is 12.3 Å². The maximum absolute atomic E-state index is 12.4. The number of amides is 1. The maximum Gasteiger partial charge on any atom is 0.240 e. The van der Waals surface area contributed by atoms with E-state index in [0.29, 0.717) is 24.8 Å². The van der Waals surface area contributed by atoms with E-state index in [1.165, 1.54) is 0 Å². The van der Waals surface area contributed by atoms with Crippen LogP contribution in [0.15, 0.2) is 4.52 Å². The van der Waals surface area contributed by atoms with E-state index in [1.807, 2.05) is 13.8 Å². The second kappa shape index (κ2) is 6.96. The Hall–Kier alpha value is -1.48. The number of nitrogens with zero attached hydrogens (tertiary/aromatic N) is 3. The minimum Gasteiger partial charge on any atom is -0.341 e. The summed E-state index contributed by atoms with van der Waals surface area (Å²) in [7, 11) is -3.42. The molecule has 0 saturated carbocycles. The second-order valence-electron chi connectivity index (χ2n) is 6.38. The first kappa shape index (κ1) is 17.9. The summed E-state index contributed by atoms with van der Waals surface area (Å²) >= 11 is 0. The molecule has 0 bridgehead atoms. The Morgan fingerprint density at radius 2 is 2.09 bits per heavy atom. The Morgan fingerprint density at radius 3 is 2.65 bits per heavy atom. The summed E-state index contributed by atoms with van der Waals surface area (Å²) in [6.07, 6.45) is 2.75. The van der Waals surface area contributed by atoms with Crippen LogP contribution in [0.5, 0.6) is 0 Å². The lowest BCUT2D eigenvalue weighted by Crippen LogP contribution is -2.49. The highest BCUT2D eigenvalue weighted by molar-refractivity contribution is 7.88. The summed E-state index contributed by atoms with van der Waals surface area (Å²) in [6.45, 7) is 6.60. The third kappa shape index (κ3) is 4.74. The van der Waals surface area contributed by atoms with Gasteiger partial charge in [-0.25, -0.2) is 13.1 Å². The lowest BCUT2D eigenvalue weighted by molar-refractivity contribution is -0.133. The van der Waals surface area contributed by atoms with Crippen molar-refractivity contribution in [3.63, 3.8) is 0 Å². The molecule has 9 heteroatoms. The van der Waals surface area contributed by atoms with Crippen molar-refractivity contribution in [2.45, 2.75) is 51.5 Å². The highest BCUT2D eigenvalue weighted by Crippen LogP contribution is 2.26. The summed E-state index contributed by atoms with van der Waals surface area (Å²) < 4.78 is 30.1. The van der Waals surface area contributed by atoms with E-state index in [4.69, 9.17) is 4.52 Å². The molecule has 0 aliphatic carbocycles. The molecule has 0 spiro atoms. The highest BCUT2D eigenvalue weighted by atomic mass is 32.2. The molecule has 23 heavy (non-hydrogen) atoms. The van der Waals surface area contributed by atoms with Crippen molar-refractivity contribution < 1.29 is 17.7 Å². The number of carbonyl (C=O) groups is 1. The van der Waals surface area contributed by atoms with Crippen LogP contribution in [0.4, 0.5) is 0 Å². The Kier molecular flexibility index (Phi) is 5.41. The van der Waals surface area contributed by atoms with Crippen molar-refractivity contribution in [3.8, 4) is 0 Å². The van der Waals surface area contributed by atoms with Gasteiger partial charge in [-0.1, -0.05) is 19.0 Å². The van der Waals surface area contributed by atoms with Crippen LogP contribution in [0, 0.1) is 0 Å². The fourth-order valence-corrected chi connectivity index (χ4v) is 3.42. The van der Waals surface area contributed by atoms with Gasteiger partial charge in [-0.15, -0.1) is 0 Å². The lowest BCUT2D eigenvalue weighted by atomic mass is 9.97. The zero-order chi connectivity index (χ0) is 17.2. The van der Waals surface area contributed by atoms with Crippen molar-refractivity contribution in [3.05, 3.63) is 11.7 Å². The Bertz CT molecular complexity index is 655. The van der Waals surface area contributed by atoms with Gasteiger partial charge in [0.15, 0.2) is 5.82 Å². The standard InChI is InChI=1S/C14H24N4O4S/c1-9(2)13-15-12(16-22-13)11-6-5-7-18(8-11)14(19)10(3)17-23(4,20)21/h9-11,17H,5-8H2,1-4H3/t10-,11+/m1/s1. The van der Waals surface area contributed by atoms with Gasteiger partial charge >= 0.3 is 0 Å².